The molecule has 1 aromatic carbocycles. The summed E-state index contributed by atoms with van der Waals surface area (Å²) in [5.74, 6) is -5.08. The molecule has 9 nitrogen and oxygen atoms in total. The van der Waals surface area contributed by atoms with Crippen LogP contribution in [0.1, 0.15) is 33.7 Å². The molecule has 29 heavy (non-hydrogen) atoms. The van der Waals surface area contributed by atoms with Gasteiger partial charge in [-0.25, -0.2) is 13.8 Å². The number of aromatic amines is 1. The number of hydrogen-bond donors (Lipinski definition) is 4. The number of carboxylic acids is 1. The van der Waals surface area contributed by atoms with Crippen LogP contribution in [-0.4, -0.2) is 51.2 Å². The summed E-state index contributed by atoms with van der Waals surface area (Å²) in [5, 5.41) is 18.9. The van der Waals surface area contributed by atoms with Crippen LogP contribution in [0.15, 0.2) is 18.2 Å². The number of carbonyl (C=O) groups is 3. The number of carboxylic acid groups (broad SMARTS) is 1. The molecule has 0 saturated carbocycles. The smallest absolute Gasteiger partial charge is 0.306 e. The number of anilines is 1. The number of hydrogen-bond acceptors (Lipinski definition) is 5. The number of nitrogens with zero attached hydrogens (tertiary/aromatic N) is 2. The number of benzene rings is 1. The molecule has 0 bridgehead atoms. The Bertz CT molecular complexity index is 959. The molecule has 0 radical (unpaired) electrons. The standard InChI is InChI=1S/C17H16ClF2N5O4/c18-10-6-12(20)11(19)5-9(10)15(26)21-14-7-13(22-23-14)16(27)24-25-3-1-8(2-4-25)17(28)29/h5-8H,1-4H2,(H,24,27)(H,28,29)(H2,21,22,23,26). The lowest BCUT2D eigenvalue weighted by molar-refractivity contribution is -0.143. The van der Waals surface area contributed by atoms with Gasteiger partial charge in [-0.3, -0.25) is 24.9 Å². The minimum atomic E-state index is -1.23. The van der Waals surface area contributed by atoms with Crippen molar-refractivity contribution >= 4 is 35.2 Å². The van der Waals surface area contributed by atoms with Gasteiger partial charge in [-0.15, -0.1) is 0 Å². The number of aromatic nitrogens is 2. The fourth-order valence-corrected chi connectivity index (χ4v) is 3.06. The van der Waals surface area contributed by atoms with Crippen LogP contribution >= 0.6 is 11.6 Å². The average Bonchev–Trinajstić information content (AvgIpc) is 3.13. The van der Waals surface area contributed by atoms with Crippen molar-refractivity contribution < 1.29 is 28.3 Å². The number of H-pyrrole nitrogens is 1. The first-order valence-corrected chi connectivity index (χ1v) is 8.92. The average molecular weight is 428 g/mol. The predicted octanol–water partition coefficient (Wildman–Crippen LogP) is 2.03. The van der Waals surface area contributed by atoms with Gasteiger partial charge in [-0.1, -0.05) is 11.6 Å². The third kappa shape index (κ3) is 4.87. The van der Waals surface area contributed by atoms with Crippen LogP contribution in [0.25, 0.3) is 0 Å². The van der Waals surface area contributed by atoms with E-state index >= 15 is 0 Å². The van der Waals surface area contributed by atoms with Crippen LogP contribution in [0, 0.1) is 17.6 Å². The molecule has 1 aliphatic heterocycles. The van der Waals surface area contributed by atoms with E-state index in [4.69, 9.17) is 16.7 Å². The van der Waals surface area contributed by atoms with Gasteiger partial charge in [0.05, 0.1) is 16.5 Å². The Hall–Kier alpha value is -3.05. The van der Waals surface area contributed by atoms with Crippen molar-refractivity contribution in [3.8, 4) is 0 Å². The van der Waals surface area contributed by atoms with Gasteiger partial charge in [0.2, 0.25) is 0 Å². The zero-order chi connectivity index (χ0) is 21.1. The number of nitrogens with one attached hydrogen (secondary N) is 3. The maximum absolute atomic E-state index is 13.3. The van der Waals surface area contributed by atoms with Crippen molar-refractivity contribution in [1.82, 2.24) is 20.6 Å². The summed E-state index contributed by atoms with van der Waals surface area (Å²) in [7, 11) is 0. The van der Waals surface area contributed by atoms with E-state index in [1.54, 1.807) is 5.01 Å². The van der Waals surface area contributed by atoms with Crippen molar-refractivity contribution in [1.29, 1.82) is 0 Å². The monoisotopic (exact) mass is 427 g/mol. The predicted molar refractivity (Wildman–Crippen MR) is 97.3 cm³/mol. The Balaban J connectivity index is 1.59. The molecule has 1 fully saturated rings. The topological polar surface area (TPSA) is 127 Å². The Morgan fingerprint density at radius 3 is 2.45 bits per heavy atom. The summed E-state index contributed by atoms with van der Waals surface area (Å²) in [5.41, 5.74) is 2.37. The zero-order valence-corrected chi connectivity index (χ0v) is 15.6. The van der Waals surface area contributed by atoms with Gasteiger partial charge >= 0.3 is 5.97 Å². The number of aliphatic carboxylic acids is 1. The SMILES string of the molecule is O=C(NN1CCC(C(=O)O)CC1)c1cc(NC(=O)c2cc(F)c(F)cc2Cl)n[nH]1. The maximum atomic E-state index is 13.3. The van der Waals surface area contributed by atoms with Gasteiger partial charge in [0.25, 0.3) is 11.8 Å². The zero-order valence-electron chi connectivity index (χ0n) is 14.8. The summed E-state index contributed by atoms with van der Waals surface area (Å²) in [6.45, 7) is 0.768. The van der Waals surface area contributed by atoms with Crippen LogP contribution in [-0.2, 0) is 4.79 Å². The lowest BCUT2D eigenvalue weighted by atomic mass is 9.98. The number of piperidine rings is 1. The van der Waals surface area contributed by atoms with Crippen molar-refractivity contribution in [2.24, 2.45) is 5.92 Å². The fraction of sp³-hybridized carbons (Fsp3) is 0.294. The molecule has 12 heteroatoms. The van der Waals surface area contributed by atoms with Gasteiger partial charge in [0.1, 0.15) is 5.69 Å². The van der Waals surface area contributed by atoms with Gasteiger partial charge in [0, 0.05) is 19.2 Å². The number of halogens is 3. The lowest BCUT2D eigenvalue weighted by Gasteiger charge is -2.29. The molecule has 1 saturated heterocycles. The Kier molecular flexibility index (Phi) is 6.09. The molecule has 2 aromatic rings. The molecule has 4 N–H and O–H groups in total. The van der Waals surface area contributed by atoms with Crippen molar-refractivity contribution in [3.05, 3.63) is 46.1 Å². The Morgan fingerprint density at radius 2 is 1.79 bits per heavy atom. The fourth-order valence-electron chi connectivity index (χ4n) is 2.82. The highest BCUT2D eigenvalue weighted by atomic mass is 35.5. The van der Waals surface area contributed by atoms with Gasteiger partial charge in [-0.2, -0.15) is 5.10 Å². The number of carbonyl (C=O) groups excluding carboxylic acids is 2. The van der Waals surface area contributed by atoms with E-state index in [1.165, 1.54) is 6.07 Å². The van der Waals surface area contributed by atoms with Crippen LogP contribution < -0.4 is 10.7 Å². The first kappa shape index (κ1) is 20.7. The molecule has 2 amide bonds. The van der Waals surface area contributed by atoms with Crippen molar-refractivity contribution in [2.75, 3.05) is 18.4 Å². The third-order valence-electron chi connectivity index (χ3n) is 4.42. The highest BCUT2D eigenvalue weighted by Crippen LogP contribution is 2.21. The van der Waals surface area contributed by atoms with Gasteiger partial charge in [0.15, 0.2) is 17.5 Å². The first-order valence-electron chi connectivity index (χ1n) is 8.54. The van der Waals surface area contributed by atoms with Crippen LogP contribution in [0.5, 0.6) is 0 Å². The van der Waals surface area contributed by atoms with E-state index in [9.17, 15) is 23.2 Å². The minimum Gasteiger partial charge on any atom is -0.481 e. The summed E-state index contributed by atoms with van der Waals surface area (Å²) >= 11 is 5.75. The second-order valence-electron chi connectivity index (χ2n) is 6.41. The molecule has 154 valence electrons. The quantitative estimate of drug-likeness (QED) is 0.541. The van der Waals surface area contributed by atoms with E-state index in [-0.39, 0.29) is 22.1 Å². The van der Waals surface area contributed by atoms with E-state index in [0.29, 0.717) is 38.1 Å². The Labute approximate surface area is 168 Å². The first-order chi connectivity index (χ1) is 13.7. The normalized spacial score (nSPS) is 15.1. The van der Waals surface area contributed by atoms with Crippen molar-refractivity contribution in [2.45, 2.75) is 12.8 Å². The van der Waals surface area contributed by atoms with Gasteiger partial charge in [-0.05, 0) is 25.0 Å². The van der Waals surface area contributed by atoms with E-state index in [0.717, 1.165) is 0 Å². The lowest BCUT2D eigenvalue weighted by Crippen LogP contribution is -2.47. The third-order valence-corrected chi connectivity index (χ3v) is 4.74. The molecule has 1 aromatic heterocycles. The molecule has 0 spiro atoms. The minimum absolute atomic E-state index is 0.0227. The summed E-state index contributed by atoms with van der Waals surface area (Å²) in [4.78, 5) is 35.4. The van der Waals surface area contributed by atoms with Crippen LogP contribution in [0.3, 0.4) is 0 Å². The molecule has 1 aliphatic rings. The maximum Gasteiger partial charge on any atom is 0.306 e. The second kappa shape index (κ2) is 8.53. The van der Waals surface area contributed by atoms with E-state index in [2.05, 4.69) is 20.9 Å². The number of amides is 2. The molecular formula is C17H16ClF2N5O4. The number of rotatable bonds is 5. The Morgan fingerprint density at radius 1 is 1.14 bits per heavy atom. The molecule has 0 atom stereocenters. The summed E-state index contributed by atoms with van der Waals surface area (Å²) in [6.07, 6.45) is 0.823. The molecular weight excluding hydrogens is 412 g/mol. The van der Waals surface area contributed by atoms with Crippen LogP contribution in [0.4, 0.5) is 14.6 Å². The van der Waals surface area contributed by atoms with Gasteiger partial charge < -0.3 is 10.4 Å². The van der Waals surface area contributed by atoms with Crippen LogP contribution in [0.2, 0.25) is 5.02 Å². The molecule has 2 heterocycles. The summed E-state index contributed by atoms with van der Waals surface area (Å²) in [6, 6.07) is 2.60. The molecule has 0 unspecified atom stereocenters. The largest absolute Gasteiger partial charge is 0.481 e. The number of hydrazine groups is 1. The molecule has 0 aliphatic carbocycles. The summed E-state index contributed by atoms with van der Waals surface area (Å²) < 4.78 is 26.4. The second-order valence-corrected chi connectivity index (χ2v) is 6.81. The molecule has 3 rings (SSSR count). The van der Waals surface area contributed by atoms with Crippen molar-refractivity contribution in [3.63, 3.8) is 0 Å². The van der Waals surface area contributed by atoms with E-state index < -0.39 is 35.3 Å². The van der Waals surface area contributed by atoms with E-state index in [1.807, 2.05) is 0 Å². The highest BCUT2D eigenvalue weighted by molar-refractivity contribution is 6.34. The highest BCUT2D eigenvalue weighted by Gasteiger charge is 2.26.